The van der Waals surface area contributed by atoms with Crippen molar-refractivity contribution in [1.82, 2.24) is 9.97 Å². The minimum Gasteiger partial charge on any atom is -0.353 e. The van der Waals surface area contributed by atoms with Gasteiger partial charge in [0.05, 0.1) is 0 Å². The normalized spacial score (nSPS) is 15.0. The fraction of sp³-hybridized carbons (Fsp3) is 0.692. The van der Waals surface area contributed by atoms with Crippen LogP contribution in [0.5, 0.6) is 0 Å². The van der Waals surface area contributed by atoms with Gasteiger partial charge in [-0.15, -0.1) is 0 Å². The smallest absolute Gasteiger partial charge is 0.137 e. The fourth-order valence-electron chi connectivity index (χ4n) is 2.11. The average Bonchev–Trinajstić information content (AvgIpc) is 3.14. The molecule has 1 saturated carbocycles. The zero-order valence-corrected chi connectivity index (χ0v) is 11.4. The van der Waals surface area contributed by atoms with E-state index in [0.29, 0.717) is 11.2 Å². The summed E-state index contributed by atoms with van der Waals surface area (Å²) in [5, 5.41) is 0.611. The summed E-state index contributed by atoms with van der Waals surface area (Å²) >= 11 is 6.15. The highest BCUT2D eigenvalue weighted by molar-refractivity contribution is 6.30. The van der Waals surface area contributed by atoms with E-state index in [2.05, 4.69) is 28.7 Å². The van der Waals surface area contributed by atoms with E-state index in [-0.39, 0.29) is 0 Å². The quantitative estimate of drug-likeness (QED) is 0.727. The van der Waals surface area contributed by atoms with Crippen LogP contribution in [-0.4, -0.2) is 22.6 Å². The van der Waals surface area contributed by atoms with Crippen LogP contribution >= 0.6 is 11.6 Å². The van der Waals surface area contributed by atoms with Crippen LogP contribution in [0.15, 0.2) is 6.33 Å². The molecule has 0 bridgehead atoms. The van der Waals surface area contributed by atoms with Gasteiger partial charge in [-0.3, -0.25) is 0 Å². The third-order valence-corrected chi connectivity index (χ3v) is 3.56. The van der Waals surface area contributed by atoms with Crippen LogP contribution in [0, 0.1) is 0 Å². The first-order valence-corrected chi connectivity index (χ1v) is 6.91. The van der Waals surface area contributed by atoms with Crippen molar-refractivity contribution < 1.29 is 0 Å². The lowest BCUT2D eigenvalue weighted by Crippen LogP contribution is -2.29. The van der Waals surface area contributed by atoms with Crippen molar-refractivity contribution in [2.75, 3.05) is 11.4 Å². The molecule has 1 aromatic rings. The molecule has 94 valence electrons. The summed E-state index contributed by atoms with van der Waals surface area (Å²) in [6.45, 7) is 5.42. The van der Waals surface area contributed by atoms with Crippen molar-refractivity contribution >= 4 is 17.4 Å². The monoisotopic (exact) mass is 253 g/mol. The Balaban J connectivity index is 2.25. The molecule has 1 aliphatic carbocycles. The van der Waals surface area contributed by atoms with Crippen LogP contribution in [0.4, 0.5) is 5.82 Å². The van der Waals surface area contributed by atoms with Gasteiger partial charge in [0.1, 0.15) is 17.3 Å². The SMILES string of the molecule is CCCCN(c1ncnc(Cl)c1CC)C1CC1. The summed E-state index contributed by atoms with van der Waals surface area (Å²) in [5.41, 5.74) is 1.09. The van der Waals surface area contributed by atoms with Gasteiger partial charge < -0.3 is 4.90 Å². The molecule has 0 N–H and O–H groups in total. The lowest BCUT2D eigenvalue weighted by Gasteiger charge is -2.25. The predicted octanol–water partition coefficient (Wildman–Crippen LogP) is 3.46. The zero-order valence-electron chi connectivity index (χ0n) is 10.6. The van der Waals surface area contributed by atoms with Crippen LogP contribution in [0.3, 0.4) is 0 Å². The lowest BCUT2D eigenvalue weighted by atomic mass is 10.2. The van der Waals surface area contributed by atoms with Crippen LogP contribution in [0.25, 0.3) is 0 Å². The van der Waals surface area contributed by atoms with Gasteiger partial charge in [0, 0.05) is 18.2 Å². The van der Waals surface area contributed by atoms with E-state index < -0.39 is 0 Å². The molecule has 0 unspecified atom stereocenters. The Morgan fingerprint density at radius 1 is 1.35 bits per heavy atom. The van der Waals surface area contributed by atoms with E-state index in [9.17, 15) is 0 Å². The molecule has 0 amide bonds. The molecule has 3 nitrogen and oxygen atoms in total. The minimum atomic E-state index is 0.611. The molecule has 1 fully saturated rings. The number of anilines is 1. The first kappa shape index (κ1) is 12.6. The van der Waals surface area contributed by atoms with E-state index in [1.165, 1.54) is 25.7 Å². The molecule has 1 aliphatic rings. The van der Waals surface area contributed by atoms with Crippen LogP contribution < -0.4 is 4.90 Å². The van der Waals surface area contributed by atoms with Gasteiger partial charge in [-0.1, -0.05) is 31.9 Å². The van der Waals surface area contributed by atoms with Crippen molar-refractivity contribution in [1.29, 1.82) is 0 Å². The fourth-order valence-corrected chi connectivity index (χ4v) is 2.37. The maximum absolute atomic E-state index is 6.15. The van der Waals surface area contributed by atoms with Gasteiger partial charge in [-0.2, -0.15) is 0 Å². The molecule has 0 radical (unpaired) electrons. The molecule has 0 aliphatic heterocycles. The van der Waals surface area contributed by atoms with Crippen LogP contribution in [0.2, 0.25) is 5.15 Å². The second kappa shape index (κ2) is 5.67. The Morgan fingerprint density at radius 3 is 2.71 bits per heavy atom. The first-order chi connectivity index (χ1) is 8.27. The summed E-state index contributed by atoms with van der Waals surface area (Å²) in [7, 11) is 0. The van der Waals surface area contributed by atoms with Crippen molar-refractivity contribution in [2.24, 2.45) is 0 Å². The Hall–Kier alpha value is -0.830. The van der Waals surface area contributed by atoms with Crippen molar-refractivity contribution in [3.8, 4) is 0 Å². The number of rotatable bonds is 6. The highest BCUT2D eigenvalue weighted by atomic mass is 35.5. The highest BCUT2D eigenvalue weighted by Gasteiger charge is 2.31. The molecular formula is C13H20ClN3. The summed E-state index contributed by atoms with van der Waals surface area (Å²) < 4.78 is 0. The standard InChI is InChI=1S/C13H20ClN3/c1-3-5-8-17(10-6-7-10)13-11(4-2)12(14)15-9-16-13/h9-10H,3-8H2,1-2H3. The number of hydrogen-bond donors (Lipinski definition) is 0. The van der Waals surface area contributed by atoms with Gasteiger partial charge in [-0.05, 0) is 25.7 Å². The third kappa shape index (κ3) is 2.89. The molecule has 1 heterocycles. The molecule has 17 heavy (non-hydrogen) atoms. The maximum atomic E-state index is 6.15. The van der Waals surface area contributed by atoms with E-state index in [0.717, 1.165) is 24.3 Å². The number of hydrogen-bond acceptors (Lipinski definition) is 3. The van der Waals surface area contributed by atoms with Gasteiger partial charge >= 0.3 is 0 Å². The summed E-state index contributed by atoms with van der Waals surface area (Å²) in [6.07, 6.45) is 7.47. The second-order valence-corrected chi connectivity index (χ2v) is 4.96. The molecule has 2 rings (SSSR count). The molecule has 0 saturated heterocycles. The van der Waals surface area contributed by atoms with E-state index in [1.54, 1.807) is 6.33 Å². The van der Waals surface area contributed by atoms with Crippen molar-refractivity contribution in [2.45, 2.75) is 52.0 Å². The van der Waals surface area contributed by atoms with E-state index >= 15 is 0 Å². The summed E-state index contributed by atoms with van der Waals surface area (Å²) in [5.74, 6) is 1.06. The maximum Gasteiger partial charge on any atom is 0.137 e. The Labute approximate surface area is 108 Å². The molecule has 0 aromatic carbocycles. The molecule has 4 heteroatoms. The Bertz CT molecular complexity index is 377. The number of aromatic nitrogens is 2. The van der Waals surface area contributed by atoms with Gasteiger partial charge in [-0.25, -0.2) is 9.97 Å². The highest BCUT2D eigenvalue weighted by Crippen LogP contribution is 2.34. The largest absolute Gasteiger partial charge is 0.353 e. The Kier molecular flexibility index (Phi) is 4.21. The Morgan fingerprint density at radius 2 is 2.12 bits per heavy atom. The molecular weight excluding hydrogens is 234 g/mol. The third-order valence-electron chi connectivity index (χ3n) is 3.24. The minimum absolute atomic E-state index is 0.611. The van der Waals surface area contributed by atoms with Gasteiger partial charge in [0.25, 0.3) is 0 Å². The summed E-state index contributed by atoms with van der Waals surface area (Å²) in [6, 6.07) is 0.679. The van der Waals surface area contributed by atoms with Crippen LogP contribution in [0.1, 0.15) is 45.1 Å². The average molecular weight is 254 g/mol. The first-order valence-electron chi connectivity index (χ1n) is 6.53. The topological polar surface area (TPSA) is 29.0 Å². The lowest BCUT2D eigenvalue weighted by molar-refractivity contribution is 0.699. The van der Waals surface area contributed by atoms with Crippen molar-refractivity contribution in [3.05, 3.63) is 17.0 Å². The van der Waals surface area contributed by atoms with Gasteiger partial charge in [0.15, 0.2) is 0 Å². The number of unbranched alkanes of at least 4 members (excludes halogenated alkanes) is 1. The van der Waals surface area contributed by atoms with Crippen LogP contribution in [-0.2, 0) is 6.42 Å². The zero-order chi connectivity index (χ0) is 12.3. The second-order valence-electron chi connectivity index (χ2n) is 4.60. The van der Waals surface area contributed by atoms with Gasteiger partial charge in [0.2, 0.25) is 0 Å². The molecule has 0 spiro atoms. The molecule has 0 atom stereocenters. The van der Waals surface area contributed by atoms with Crippen molar-refractivity contribution in [3.63, 3.8) is 0 Å². The molecule has 1 aromatic heterocycles. The number of halogens is 1. The number of nitrogens with zero attached hydrogens (tertiary/aromatic N) is 3. The van der Waals surface area contributed by atoms with E-state index in [4.69, 9.17) is 11.6 Å². The predicted molar refractivity (Wildman–Crippen MR) is 71.7 cm³/mol. The van der Waals surface area contributed by atoms with E-state index in [1.807, 2.05) is 0 Å². The summed E-state index contributed by atoms with van der Waals surface area (Å²) in [4.78, 5) is 11.0.